The summed E-state index contributed by atoms with van der Waals surface area (Å²) in [5.41, 5.74) is 6.23. The van der Waals surface area contributed by atoms with Gasteiger partial charge in [-0.2, -0.15) is 13.2 Å². The van der Waals surface area contributed by atoms with E-state index in [1.807, 2.05) is 0 Å². The van der Waals surface area contributed by atoms with Crippen molar-refractivity contribution >= 4 is 39.0 Å². The molecule has 21 heavy (non-hydrogen) atoms. The summed E-state index contributed by atoms with van der Waals surface area (Å²) in [5, 5.41) is -0.1000. The number of hydrogen-bond donors (Lipinski definition) is 1. The lowest BCUT2D eigenvalue weighted by Gasteiger charge is -2.09. The predicted octanol–water partition coefficient (Wildman–Crippen LogP) is 4.44. The Morgan fingerprint density at radius 3 is 2.76 bits per heavy atom. The molecule has 8 heteroatoms. The minimum Gasteiger partial charge on any atom is -0.399 e. The number of benzene rings is 1. The van der Waals surface area contributed by atoms with Crippen LogP contribution in [0.4, 0.5) is 18.9 Å². The summed E-state index contributed by atoms with van der Waals surface area (Å²) in [6.07, 6.45) is -3.10. The molecule has 1 aromatic carbocycles. The third-order valence-corrected chi connectivity index (χ3v) is 4.75. The van der Waals surface area contributed by atoms with E-state index in [-0.39, 0.29) is 5.03 Å². The smallest absolute Gasteiger partial charge is 0.399 e. The van der Waals surface area contributed by atoms with Gasteiger partial charge < -0.3 is 5.73 Å². The average Bonchev–Trinajstić information content (AvgIpc) is 2.79. The standard InChI is InChI=1S/C13H8F3N3S2/c14-13(15,16)8-2-1-5-18-11(8)21-12-19-9-4-3-7(17)6-10(9)20-12/h1-6H,17H2. The Bertz CT molecular complexity index is 799. The van der Waals surface area contributed by atoms with Crippen LogP contribution in [0.1, 0.15) is 5.56 Å². The van der Waals surface area contributed by atoms with Crippen LogP contribution in [-0.2, 0) is 6.18 Å². The molecule has 2 heterocycles. The van der Waals surface area contributed by atoms with Gasteiger partial charge in [-0.1, -0.05) is 0 Å². The van der Waals surface area contributed by atoms with Crippen LogP contribution in [0, 0.1) is 0 Å². The highest BCUT2D eigenvalue weighted by Crippen LogP contribution is 2.40. The van der Waals surface area contributed by atoms with Crippen molar-refractivity contribution in [2.24, 2.45) is 0 Å². The maximum Gasteiger partial charge on any atom is 0.419 e. The molecule has 3 rings (SSSR count). The van der Waals surface area contributed by atoms with Crippen molar-refractivity contribution in [1.82, 2.24) is 9.97 Å². The Kier molecular flexibility index (Phi) is 3.50. The zero-order valence-corrected chi connectivity index (χ0v) is 12.0. The molecule has 0 spiro atoms. The first kappa shape index (κ1) is 14.2. The van der Waals surface area contributed by atoms with Gasteiger partial charge in [-0.15, -0.1) is 11.3 Å². The molecule has 0 aliphatic rings. The number of rotatable bonds is 2. The van der Waals surface area contributed by atoms with Crippen LogP contribution in [0.3, 0.4) is 0 Å². The average molecular weight is 327 g/mol. The van der Waals surface area contributed by atoms with Gasteiger partial charge in [0.2, 0.25) is 0 Å². The highest BCUT2D eigenvalue weighted by molar-refractivity contribution is 8.01. The SMILES string of the molecule is Nc1ccc2nc(Sc3ncccc3C(F)(F)F)sc2c1. The summed E-state index contributed by atoms with van der Waals surface area (Å²) < 4.78 is 40.1. The number of halogens is 3. The first-order chi connectivity index (χ1) is 9.93. The number of pyridine rings is 1. The summed E-state index contributed by atoms with van der Waals surface area (Å²) in [6, 6.07) is 7.49. The fraction of sp³-hybridized carbons (Fsp3) is 0.0769. The maximum absolute atomic E-state index is 12.9. The number of nitrogens with zero attached hydrogens (tertiary/aromatic N) is 2. The van der Waals surface area contributed by atoms with E-state index in [0.29, 0.717) is 15.5 Å². The van der Waals surface area contributed by atoms with E-state index < -0.39 is 11.7 Å². The largest absolute Gasteiger partial charge is 0.419 e. The van der Waals surface area contributed by atoms with Gasteiger partial charge in [0, 0.05) is 11.9 Å². The van der Waals surface area contributed by atoms with Gasteiger partial charge in [0.25, 0.3) is 0 Å². The first-order valence-corrected chi connectivity index (χ1v) is 7.43. The Balaban J connectivity index is 1.99. The molecule has 0 bridgehead atoms. The summed E-state index contributed by atoms with van der Waals surface area (Å²) in [4.78, 5) is 8.10. The molecule has 2 N–H and O–H groups in total. The van der Waals surface area contributed by atoms with Gasteiger partial charge in [0.15, 0.2) is 4.34 Å². The van der Waals surface area contributed by atoms with E-state index >= 15 is 0 Å². The van der Waals surface area contributed by atoms with Crippen LogP contribution in [0.15, 0.2) is 45.9 Å². The van der Waals surface area contributed by atoms with Gasteiger partial charge in [0.1, 0.15) is 5.03 Å². The molecule has 0 fully saturated rings. The number of aromatic nitrogens is 2. The van der Waals surface area contributed by atoms with Gasteiger partial charge >= 0.3 is 6.18 Å². The molecule has 0 aliphatic heterocycles. The third-order valence-electron chi connectivity index (χ3n) is 2.65. The van der Waals surface area contributed by atoms with Gasteiger partial charge in [0.05, 0.1) is 15.8 Å². The highest BCUT2D eigenvalue weighted by atomic mass is 32.2. The molecule has 3 aromatic rings. The number of fused-ring (bicyclic) bond motifs is 1. The van der Waals surface area contributed by atoms with Crippen LogP contribution in [0.25, 0.3) is 10.2 Å². The van der Waals surface area contributed by atoms with Crippen molar-refractivity contribution in [3.8, 4) is 0 Å². The number of nitrogens with two attached hydrogens (primary N) is 1. The zero-order chi connectivity index (χ0) is 15.0. The first-order valence-electron chi connectivity index (χ1n) is 5.79. The molecule has 0 amide bonds. The molecule has 0 radical (unpaired) electrons. The molecule has 108 valence electrons. The lowest BCUT2D eigenvalue weighted by Crippen LogP contribution is -2.07. The van der Waals surface area contributed by atoms with Crippen LogP contribution in [0.5, 0.6) is 0 Å². The molecular weight excluding hydrogens is 319 g/mol. The molecule has 0 saturated heterocycles. The Labute approximate surface area is 126 Å². The molecule has 0 saturated carbocycles. The maximum atomic E-state index is 12.9. The van der Waals surface area contributed by atoms with Crippen molar-refractivity contribution in [2.75, 3.05) is 5.73 Å². The van der Waals surface area contributed by atoms with Crippen LogP contribution < -0.4 is 5.73 Å². The highest BCUT2D eigenvalue weighted by Gasteiger charge is 2.34. The number of alkyl halides is 3. The van der Waals surface area contributed by atoms with Crippen molar-refractivity contribution in [2.45, 2.75) is 15.5 Å². The molecule has 2 aromatic heterocycles. The quantitative estimate of drug-likeness (QED) is 0.707. The van der Waals surface area contributed by atoms with Gasteiger partial charge in [-0.3, -0.25) is 0 Å². The minimum atomic E-state index is -4.43. The fourth-order valence-electron chi connectivity index (χ4n) is 1.73. The Morgan fingerprint density at radius 2 is 2.00 bits per heavy atom. The zero-order valence-electron chi connectivity index (χ0n) is 10.4. The minimum absolute atomic E-state index is 0.1000. The number of anilines is 1. The molecule has 0 atom stereocenters. The van der Waals surface area contributed by atoms with Crippen molar-refractivity contribution < 1.29 is 13.2 Å². The van der Waals surface area contributed by atoms with E-state index in [1.54, 1.807) is 18.2 Å². The van der Waals surface area contributed by atoms with E-state index in [4.69, 9.17) is 5.73 Å². The summed E-state index contributed by atoms with van der Waals surface area (Å²) in [6.45, 7) is 0. The van der Waals surface area contributed by atoms with Crippen LogP contribution in [0.2, 0.25) is 0 Å². The second-order valence-electron chi connectivity index (χ2n) is 4.16. The van der Waals surface area contributed by atoms with E-state index in [1.165, 1.54) is 23.6 Å². The van der Waals surface area contributed by atoms with Crippen molar-refractivity contribution in [1.29, 1.82) is 0 Å². The lowest BCUT2D eigenvalue weighted by atomic mass is 10.3. The summed E-state index contributed by atoms with van der Waals surface area (Å²) in [5.74, 6) is 0. The monoisotopic (exact) mass is 327 g/mol. The lowest BCUT2D eigenvalue weighted by molar-refractivity contribution is -0.140. The second-order valence-corrected chi connectivity index (χ2v) is 6.43. The van der Waals surface area contributed by atoms with Crippen molar-refractivity contribution in [3.05, 3.63) is 42.1 Å². The summed E-state index contributed by atoms with van der Waals surface area (Å²) in [7, 11) is 0. The number of nitrogen functional groups attached to an aromatic ring is 1. The van der Waals surface area contributed by atoms with Crippen molar-refractivity contribution in [3.63, 3.8) is 0 Å². The van der Waals surface area contributed by atoms with E-state index in [2.05, 4.69) is 9.97 Å². The third kappa shape index (κ3) is 2.96. The Morgan fingerprint density at radius 1 is 1.19 bits per heavy atom. The van der Waals surface area contributed by atoms with E-state index in [0.717, 1.165) is 22.5 Å². The van der Waals surface area contributed by atoms with E-state index in [9.17, 15) is 13.2 Å². The number of hydrogen-bond acceptors (Lipinski definition) is 5. The normalized spacial score (nSPS) is 12.0. The molecule has 3 nitrogen and oxygen atoms in total. The van der Waals surface area contributed by atoms with Gasteiger partial charge in [-0.25, -0.2) is 9.97 Å². The molecular formula is C13H8F3N3S2. The topological polar surface area (TPSA) is 51.8 Å². The predicted molar refractivity (Wildman–Crippen MR) is 77.4 cm³/mol. The Hall–Kier alpha value is -1.80. The summed E-state index contributed by atoms with van der Waals surface area (Å²) >= 11 is 2.20. The molecule has 0 aliphatic carbocycles. The second kappa shape index (κ2) is 5.19. The van der Waals surface area contributed by atoms with Crippen LogP contribution in [-0.4, -0.2) is 9.97 Å². The van der Waals surface area contributed by atoms with Gasteiger partial charge in [-0.05, 0) is 42.1 Å². The van der Waals surface area contributed by atoms with Crippen LogP contribution >= 0.6 is 23.1 Å². The fourth-order valence-corrected chi connectivity index (χ4v) is 3.87. The number of thiazole rings is 1. The molecule has 0 unspecified atom stereocenters.